The van der Waals surface area contributed by atoms with Gasteiger partial charge in [-0.1, -0.05) is 12.1 Å². The van der Waals surface area contributed by atoms with E-state index in [1.54, 1.807) is 23.1 Å². The molecule has 0 aromatic heterocycles. The van der Waals surface area contributed by atoms with Gasteiger partial charge in [-0.15, -0.1) is 0 Å². The molecule has 0 saturated carbocycles. The Kier molecular flexibility index (Phi) is 4.21. The van der Waals surface area contributed by atoms with Crippen LogP contribution in [0.4, 0.5) is 4.79 Å². The second kappa shape index (κ2) is 5.76. The van der Waals surface area contributed by atoms with Gasteiger partial charge in [-0.25, -0.2) is 9.59 Å². The number of carbonyl (C=O) groups excluding carboxylic acids is 1. The van der Waals surface area contributed by atoms with E-state index in [9.17, 15) is 9.59 Å². The van der Waals surface area contributed by atoms with Crippen molar-refractivity contribution >= 4 is 12.1 Å². The molecule has 5 heteroatoms. The maximum absolute atomic E-state index is 12.3. The van der Waals surface area contributed by atoms with Gasteiger partial charge in [0.15, 0.2) is 0 Å². The Morgan fingerprint density at radius 1 is 1.33 bits per heavy atom. The van der Waals surface area contributed by atoms with Gasteiger partial charge in [0.25, 0.3) is 0 Å². The van der Waals surface area contributed by atoms with Crippen LogP contribution in [0.5, 0.6) is 0 Å². The number of ether oxygens (including phenoxy) is 1. The summed E-state index contributed by atoms with van der Waals surface area (Å²) in [5.41, 5.74) is 0.550. The largest absolute Gasteiger partial charge is 0.478 e. The third-order valence-corrected chi connectivity index (χ3v) is 3.40. The number of amides is 1. The van der Waals surface area contributed by atoms with Crippen molar-refractivity contribution in [3.05, 3.63) is 35.4 Å². The number of aromatic carboxylic acids is 1. The van der Waals surface area contributed by atoms with E-state index in [-0.39, 0.29) is 17.7 Å². The standard InChI is InChI=1S/C16H21NO4/c1-16(2,3)21-15(20)17-9-5-8-13(17)11-6-4-7-12(10-11)14(18)19/h4,6-7,10,13H,5,8-9H2,1-3H3,(H,18,19). The molecule has 1 saturated heterocycles. The molecule has 1 aromatic rings. The third-order valence-electron chi connectivity index (χ3n) is 3.40. The van der Waals surface area contributed by atoms with Crippen molar-refractivity contribution in [3.8, 4) is 0 Å². The fourth-order valence-corrected chi connectivity index (χ4v) is 2.53. The number of carboxylic acid groups (broad SMARTS) is 1. The summed E-state index contributed by atoms with van der Waals surface area (Å²) in [6.45, 7) is 6.14. The van der Waals surface area contributed by atoms with Crippen molar-refractivity contribution in [2.75, 3.05) is 6.54 Å². The molecule has 0 bridgehead atoms. The van der Waals surface area contributed by atoms with E-state index in [4.69, 9.17) is 9.84 Å². The van der Waals surface area contributed by atoms with Gasteiger partial charge in [-0.3, -0.25) is 0 Å². The molecule has 0 aliphatic carbocycles. The van der Waals surface area contributed by atoms with Gasteiger partial charge >= 0.3 is 12.1 Å². The van der Waals surface area contributed by atoms with Crippen molar-refractivity contribution in [2.45, 2.75) is 45.3 Å². The van der Waals surface area contributed by atoms with Crippen LogP contribution in [0.3, 0.4) is 0 Å². The number of benzene rings is 1. The van der Waals surface area contributed by atoms with Crippen molar-refractivity contribution in [2.24, 2.45) is 0 Å². The molecule has 114 valence electrons. The minimum atomic E-state index is -0.960. The van der Waals surface area contributed by atoms with Crippen LogP contribution in [0.25, 0.3) is 0 Å². The maximum Gasteiger partial charge on any atom is 0.410 e. The van der Waals surface area contributed by atoms with E-state index in [0.29, 0.717) is 6.54 Å². The molecule has 1 N–H and O–H groups in total. The lowest BCUT2D eigenvalue weighted by Crippen LogP contribution is -2.36. The molecule has 1 aromatic carbocycles. The zero-order valence-corrected chi connectivity index (χ0v) is 12.6. The van der Waals surface area contributed by atoms with E-state index in [1.807, 2.05) is 26.8 Å². The zero-order valence-electron chi connectivity index (χ0n) is 12.6. The first-order chi connectivity index (χ1) is 9.78. The topological polar surface area (TPSA) is 66.8 Å². The summed E-state index contributed by atoms with van der Waals surface area (Å²) < 4.78 is 5.42. The molecular weight excluding hydrogens is 270 g/mol. The van der Waals surface area contributed by atoms with Crippen LogP contribution in [0.2, 0.25) is 0 Å². The second-order valence-electron chi connectivity index (χ2n) is 6.26. The first-order valence-corrected chi connectivity index (χ1v) is 7.11. The third kappa shape index (κ3) is 3.74. The summed E-state index contributed by atoms with van der Waals surface area (Å²) in [7, 11) is 0. The van der Waals surface area contributed by atoms with Crippen LogP contribution in [-0.4, -0.2) is 34.2 Å². The molecular formula is C16H21NO4. The fraction of sp³-hybridized carbons (Fsp3) is 0.500. The highest BCUT2D eigenvalue weighted by Gasteiger charge is 2.33. The predicted molar refractivity (Wildman–Crippen MR) is 78.3 cm³/mol. The number of rotatable bonds is 2. The summed E-state index contributed by atoms with van der Waals surface area (Å²) >= 11 is 0. The highest BCUT2D eigenvalue weighted by Crippen LogP contribution is 2.33. The van der Waals surface area contributed by atoms with E-state index in [1.165, 1.54) is 0 Å². The smallest absolute Gasteiger partial charge is 0.410 e. The lowest BCUT2D eigenvalue weighted by atomic mass is 10.0. The van der Waals surface area contributed by atoms with Crippen LogP contribution < -0.4 is 0 Å². The Morgan fingerprint density at radius 3 is 2.67 bits per heavy atom. The monoisotopic (exact) mass is 291 g/mol. The summed E-state index contributed by atoms with van der Waals surface area (Å²) in [5.74, 6) is -0.960. The van der Waals surface area contributed by atoms with E-state index < -0.39 is 11.6 Å². The molecule has 5 nitrogen and oxygen atoms in total. The van der Waals surface area contributed by atoms with Gasteiger partial charge in [-0.05, 0) is 51.3 Å². The summed E-state index contributed by atoms with van der Waals surface area (Å²) in [4.78, 5) is 25.0. The molecule has 1 aliphatic rings. The molecule has 0 radical (unpaired) electrons. The Balaban J connectivity index is 2.20. The Morgan fingerprint density at radius 2 is 2.05 bits per heavy atom. The highest BCUT2D eigenvalue weighted by atomic mass is 16.6. The average Bonchev–Trinajstić information content (AvgIpc) is 2.86. The van der Waals surface area contributed by atoms with Crippen molar-refractivity contribution < 1.29 is 19.4 Å². The Labute approximate surface area is 124 Å². The van der Waals surface area contributed by atoms with Crippen molar-refractivity contribution in [1.29, 1.82) is 0 Å². The molecule has 1 amide bonds. The molecule has 1 atom stereocenters. The summed E-state index contributed by atoms with van der Waals surface area (Å²) in [5, 5.41) is 9.07. The molecule has 1 fully saturated rings. The highest BCUT2D eigenvalue weighted by molar-refractivity contribution is 5.87. The van der Waals surface area contributed by atoms with Gasteiger partial charge < -0.3 is 14.7 Å². The van der Waals surface area contributed by atoms with Gasteiger partial charge in [0, 0.05) is 6.54 Å². The predicted octanol–water partition coefficient (Wildman–Crippen LogP) is 3.46. The van der Waals surface area contributed by atoms with Gasteiger partial charge in [0.05, 0.1) is 11.6 Å². The first kappa shape index (κ1) is 15.4. The molecule has 21 heavy (non-hydrogen) atoms. The number of carboxylic acids is 1. The zero-order chi connectivity index (χ0) is 15.6. The van der Waals surface area contributed by atoms with E-state index >= 15 is 0 Å². The molecule has 1 heterocycles. The normalized spacial score (nSPS) is 18.6. The van der Waals surface area contributed by atoms with E-state index in [2.05, 4.69) is 0 Å². The molecule has 1 aliphatic heterocycles. The number of hydrogen-bond acceptors (Lipinski definition) is 3. The van der Waals surface area contributed by atoms with Gasteiger partial charge in [0.1, 0.15) is 5.60 Å². The van der Waals surface area contributed by atoms with Crippen LogP contribution in [-0.2, 0) is 4.74 Å². The molecule has 0 spiro atoms. The maximum atomic E-state index is 12.3. The number of nitrogens with zero attached hydrogens (tertiary/aromatic N) is 1. The van der Waals surface area contributed by atoms with Crippen LogP contribution in [0.1, 0.15) is 55.6 Å². The van der Waals surface area contributed by atoms with Gasteiger partial charge in [-0.2, -0.15) is 0 Å². The second-order valence-corrected chi connectivity index (χ2v) is 6.26. The fourth-order valence-electron chi connectivity index (χ4n) is 2.53. The minimum Gasteiger partial charge on any atom is -0.478 e. The Hall–Kier alpha value is -2.04. The van der Waals surface area contributed by atoms with E-state index in [0.717, 1.165) is 18.4 Å². The van der Waals surface area contributed by atoms with Gasteiger partial charge in [0.2, 0.25) is 0 Å². The first-order valence-electron chi connectivity index (χ1n) is 7.11. The quantitative estimate of drug-likeness (QED) is 0.906. The lowest BCUT2D eigenvalue weighted by Gasteiger charge is -2.29. The molecule has 2 rings (SSSR count). The molecule has 1 unspecified atom stereocenters. The number of carbonyl (C=O) groups is 2. The van der Waals surface area contributed by atoms with Crippen LogP contribution in [0.15, 0.2) is 24.3 Å². The Bertz CT molecular complexity index is 547. The SMILES string of the molecule is CC(C)(C)OC(=O)N1CCCC1c1cccc(C(=O)O)c1. The van der Waals surface area contributed by atoms with Crippen LogP contribution in [0, 0.1) is 0 Å². The summed E-state index contributed by atoms with van der Waals surface area (Å²) in [6, 6.07) is 6.65. The van der Waals surface area contributed by atoms with Crippen LogP contribution >= 0.6 is 0 Å². The number of likely N-dealkylation sites (tertiary alicyclic amines) is 1. The lowest BCUT2D eigenvalue weighted by molar-refractivity contribution is 0.0224. The number of hydrogen-bond donors (Lipinski definition) is 1. The summed E-state index contributed by atoms with van der Waals surface area (Å²) in [6.07, 6.45) is 1.37. The van der Waals surface area contributed by atoms with Crippen molar-refractivity contribution in [3.63, 3.8) is 0 Å². The average molecular weight is 291 g/mol. The minimum absolute atomic E-state index is 0.112. The van der Waals surface area contributed by atoms with Crippen molar-refractivity contribution in [1.82, 2.24) is 4.90 Å².